The topological polar surface area (TPSA) is 15.3 Å². The van der Waals surface area contributed by atoms with Gasteiger partial charge in [0.05, 0.1) is 6.67 Å². The van der Waals surface area contributed by atoms with Gasteiger partial charge in [-0.1, -0.05) is 12.8 Å². The molecule has 0 radical (unpaired) electrons. The monoisotopic (exact) mass is 152 g/mol. The molecule has 0 aromatic carbocycles. The van der Waals surface area contributed by atoms with Crippen LogP contribution in [0.4, 0.5) is 0 Å². The van der Waals surface area contributed by atoms with E-state index >= 15 is 0 Å². The van der Waals surface area contributed by atoms with Crippen molar-refractivity contribution in [2.24, 2.45) is 5.92 Å². The number of nitrogens with zero attached hydrogens (tertiary/aromatic N) is 1. The highest BCUT2D eigenvalue weighted by molar-refractivity contribution is 4.88. The molecule has 11 heavy (non-hydrogen) atoms. The van der Waals surface area contributed by atoms with Crippen molar-refractivity contribution in [3.8, 4) is 0 Å². The number of hydrogen-bond donors (Lipinski definition) is 1. The van der Waals surface area contributed by atoms with Crippen LogP contribution in [0.25, 0.3) is 0 Å². The molecule has 1 heterocycles. The molecule has 0 amide bonds. The average molecular weight is 152 g/mol. The van der Waals surface area contributed by atoms with E-state index in [0.717, 1.165) is 12.6 Å². The van der Waals surface area contributed by atoms with Gasteiger partial charge in [0, 0.05) is 18.9 Å². The van der Waals surface area contributed by atoms with Gasteiger partial charge in [-0.15, -0.1) is 0 Å². The summed E-state index contributed by atoms with van der Waals surface area (Å²) in [6.07, 6.45) is 10.0. The Morgan fingerprint density at radius 3 is 2.82 bits per heavy atom. The fraction of sp³-hybridized carbons (Fsp3) is 0.778. The van der Waals surface area contributed by atoms with Gasteiger partial charge in [-0.3, -0.25) is 0 Å². The second-order valence-corrected chi connectivity index (χ2v) is 3.60. The molecule has 0 unspecified atom stereocenters. The van der Waals surface area contributed by atoms with Crippen LogP contribution in [0, 0.1) is 5.92 Å². The first-order valence-electron chi connectivity index (χ1n) is 4.59. The molecule has 1 aliphatic carbocycles. The molecule has 1 N–H and O–H groups in total. The summed E-state index contributed by atoms with van der Waals surface area (Å²) in [6.45, 7) is 2.29. The summed E-state index contributed by atoms with van der Waals surface area (Å²) in [5, 5.41) is 3.19. The molecule has 0 saturated heterocycles. The third kappa shape index (κ3) is 1.67. The quantitative estimate of drug-likeness (QED) is 0.645. The van der Waals surface area contributed by atoms with Gasteiger partial charge in [0.2, 0.25) is 0 Å². The third-order valence-corrected chi connectivity index (χ3v) is 2.67. The predicted octanol–water partition coefficient (Wildman–Crippen LogP) is 1.51. The van der Waals surface area contributed by atoms with Gasteiger partial charge in [-0.25, -0.2) is 0 Å². The Kier molecular flexibility index (Phi) is 2.01. The maximum atomic E-state index is 3.19. The maximum absolute atomic E-state index is 3.19. The first-order valence-corrected chi connectivity index (χ1v) is 4.59. The second kappa shape index (κ2) is 3.16. The maximum Gasteiger partial charge on any atom is 0.0867 e. The number of nitrogens with one attached hydrogen (secondary N) is 1. The molecule has 2 nitrogen and oxygen atoms in total. The summed E-state index contributed by atoms with van der Waals surface area (Å²) < 4.78 is 0. The van der Waals surface area contributed by atoms with E-state index in [9.17, 15) is 0 Å². The number of hydrogen-bond acceptors (Lipinski definition) is 2. The van der Waals surface area contributed by atoms with Crippen LogP contribution in [0.2, 0.25) is 0 Å². The molecule has 0 aromatic rings. The van der Waals surface area contributed by atoms with E-state index in [1.54, 1.807) is 0 Å². The molecule has 0 aromatic heterocycles. The Bertz CT molecular complexity index is 148. The van der Waals surface area contributed by atoms with E-state index in [-0.39, 0.29) is 0 Å². The van der Waals surface area contributed by atoms with Crippen molar-refractivity contribution in [2.45, 2.75) is 25.7 Å². The van der Waals surface area contributed by atoms with Gasteiger partial charge >= 0.3 is 0 Å². The first kappa shape index (κ1) is 7.01. The molecular formula is C9H16N2. The molecule has 1 saturated carbocycles. The first-order chi connectivity index (χ1) is 5.45. The standard InChI is InChI=1S/C9H16N2/c1-2-4-9(3-1)7-11-6-5-10-8-11/h5-6,9-10H,1-4,7-8H2. The van der Waals surface area contributed by atoms with Gasteiger partial charge in [0.25, 0.3) is 0 Å². The van der Waals surface area contributed by atoms with Crippen molar-refractivity contribution in [1.29, 1.82) is 0 Å². The molecule has 1 aliphatic heterocycles. The fourth-order valence-corrected chi connectivity index (χ4v) is 2.03. The molecule has 2 aliphatic rings. The van der Waals surface area contributed by atoms with Crippen LogP contribution >= 0.6 is 0 Å². The molecular weight excluding hydrogens is 136 g/mol. The van der Waals surface area contributed by atoms with Crippen LogP contribution in [0.5, 0.6) is 0 Å². The minimum Gasteiger partial charge on any atom is -0.373 e. The minimum absolute atomic E-state index is 0.972. The molecule has 2 heteroatoms. The van der Waals surface area contributed by atoms with E-state index in [1.807, 2.05) is 6.20 Å². The minimum atomic E-state index is 0.972. The van der Waals surface area contributed by atoms with Crippen LogP contribution in [-0.4, -0.2) is 18.1 Å². The predicted molar refractivity (Wildman–Crippen MR) is 45.8 cm³/mol. The lowest BCUT2D eigenvalue weighted by molar-refractivity contribution is 0.320. The van der Waals surface area contributed by atoms with Crippen LogP contribution in [0.15, 0.2) is 12.4 Å². The highest BCUT2D eigenvalue weighted by Crippen LogP contribution is 2.25. The smallest absolute Gasteiger partial charge is 0.0867 e. The van der Waals surface area contributed by atoms with Crippen LogP contribution in [0.1, 0.15) is 25.7 Å². The lowest BCUT2D eigenvalue weighted by atomic mass is 10.1. The largest absolute Gasteiger partial charge is 0.373 e. The zero-order chi connectivity index (χ0) is 7.52. The molecule has 1 fully saturated rings. The van der Waals surface area contributed by atoms with E-state index in [4.69, 9.17) is 0 Å². The molecule has 0 spiro atoms. The Labute approximate surface area is 68.3 Å². The van der Waals surface area contributed by atoms with Crippen LogP contribution in [0.3, 0.4) is 0 Å². The normalized spacial score (nSPS) is 24.5. The van der Waals surface area contributed by atoms with Crippen molar-refractivity contribution in [3.63, 3.8) is 0 Å². The summed E-state index contributed by atoms with van der Waals surface area (Å²) in [6, 6.07) is 0. The highest BCUT2D eigenvalue weighted by Gasteiger charge is 2.17. The zero-order valence-electron chi connectivity index (χ0n) is 6.92. The molecule has 2 rings (SSSR count). The lowest BCUT2D eigenvalue weighted by Crippen LogP contribution is -2.25. The summed E-state index contributed by atoms with van der Waals surface area (Å²) >= 11 is 0. The SMILES string of the molecule is C1=CN(CC2CCCC2)CN1. The molecule has 62 valence electrons. The second-order valence-electron chi connectivity index (χ2n) is 3.60. The van der Waals surface area contributed by atoms with E-state index < -0.39 is 0 Å². The van der Waals surface area contributed by atoms with Crippen LogP contribution in [-0.2, 0) is 0 Å². The highest BCUT2D eigenvalue weighted by atomic mass is 15.2. The van der Waals surface area contributed by atoms with E-state index in [2.05, 4.69) is 16.4 Å². The Balaban J connectivity index is 1.75. The van der Waals surface area contributed by atoms with Gasteiger partial charge < -0.3 is 10.2 Å². The number of rotatable bonds is 2. The van der Waals surface area contributed by atoms with Crippen molar-refractivity contribution >= 4 is 0 Å². The van der Waals surface area contributed by atoms with Crippen molar-refractivity contribution in [2.75, 3.05) is 13.2 Å². The summed E-state index contributed by atoms with van der Waals surface area (Å²) in [5.74, 6) is 0.972. The Morgan fingerprint density at radius 1 is 1.36 bits per heavy atom. The van der Waals surface area contributed by atoms with Gasteiger partial charge in [0.1, 0.15) is 0 Å². The summed E-state index contributed by atoms with van der Waals surface area (Å²) in [7, 11) is 0. The van der Waals surface area contributed by atoms with E-state index in [0.29, 0.717) is 0 Å². The fourth-order valence-electron chi connectivity index (χ4n) is 2.03. The molecule has 0 atom stereocenters. The Hall–Kier alpha value is -0.660. The van der Waals surface area contributed by atoms with E-state index in [1.165, 1.54) is 32.2 Å². The van der Waals surface area contributed by atoms with Gasteiger partial charge in [-0.05, 0) is 18.8 Å². The summed E-state index contributed by atoms with van der Waals surface area (Å²) in [4.78, 5) is 2.37. The van der Waals surface area contributed by atoms with Crippen molar-refractivity contribution in [3.05, 3.63) is 12.4 Å². The summed E-state index contributed by atoms with van der Waals surface area (Å²) in [5.41, 5.74) is 0. The van der Waals surface area contributed by atoms with Crippen LogP contribution < -0.4 is 5.32 Å². The lowest BCUT2D eigenvalue weighted by Gasteiger charge is -2.18. The van der Waals surface area contributed by atoms with Crippen molar-refractivity contribution < 1.29 is 0 Å². The zero-order valence-corrected chi connectivity index (χ0v) is 6.92. The third-order valence-electron chi connectivity index (χ3n) is 2.67. The molecule has 0 bridgehead atoms. The average Bonchev–Trinajstić information content (AvgIpc) is 2.60. The van der Waals surface area contributed by atoms with Gasteiger partial charge in [-0.2, -0.15) is 0 Å². The van der Waals surface area contributed by atoms with Crippen molar-refractivity contribution in [1.82, 2.24) is 10.2 Å². The Morgan fingerprint density at radius 2 is 2.18 bits per heavy atom. The van der Waals surface area contributed by atoms with Gasteiger partial charge in [0.15, 0.2) is 0 Å².